The van der Waals surface area contributed by atoms with Gasteiger partial charge in [0.15, 0.2) is 11.4 Å². The molecule has 0 saturated carbocycles. The predicted molar refractivity (Wildman–Crippen MR) is 88.6 cm³/mol. The highest BCUT2D eigenvalue weighted by Gasteiger charge is 2.18. The summed E-state index contributed by atoms with van der Waals surface area (Å²) in [7, 11) is 2.76. The summed E-state index contributed by atoms with van der Waals surface area (Å²) in [5.74, 6) is -0.410. The summed E-state index contributed by atoms with van der Waals surface area (Å²) in [5.41, 5.74) is 1.76. The molecule has 0 aliphatic rings. The third-order valence-electron chi connectivity index (χ3n) is 2.69. The third kappa shape index (κ3) is 5.53. The second-order valence-electron chi connectivity index (χ2n) is 4.48. The van der Waals surface area contributed by atoms with Crippen LogP contribution in [0.15, 0.2) is 39.6 Å². The van der Waals surface area contributed by atoms with Crippen LogP contribution in [-0.4, -0.2) is 37.4 Å². The summed E-state index contributed by atoms with van der Waals surface area (Å²) in [6.07, 6.45) is 0. The molecule has 0 fully saturated rings. The standard InChI is InChI=1S/C16H18N4O4/c1-11(9-17)19-24-10-13-7-5-6-8-14(13)15(20-23-4)16(22-3)18-12(2)21/h5-8H,10H2,1-4H3/b18-16?,19-11-,20-15+. The van der Waals surface area contributed by atoms with Gasteiger partial charge in [-0.3, -0.25) is 4.79 Å². The van der Waals surface area contributed by atoms with Crippen molar-refractivity contribution in [3.05, 3.63) is 35.4 Å². The topological polar surface area (TPSA) is 106 Å². The van der Waals surface area contributed by atoms with E-state index in [4.69, 9.17) is 19.7 Å². The Labute approximate surface area is 140 Å². The molecule has 1 aromatic carbocycles. The van der Waals surface area contributed by atoms with E-state index in [0.717, 1.165) is 0 Å². The molecule has 0 N–H and O–H groups in total. The van der Waals surface area contributed by atoms with E-state index in [2.05, 4.69) is 15.3 Å². The summed E-state index contributed by atoms with van der Waals surface area (Å²) in [4.78, 5) is 25.1. The van der Waals surface area contributed by atoms with Gasteiger partial charge in [0.2, 0.25) is 11.8 Å². The van der Waals surface area contributed by atoms with Gasteiger partial charge in [-0.2, -0.15) is 10.3 Å². The Morgan fingerprint density at radius 1 is 1.21 bits per heavy atom. The lowest BCUT2D eigenvalue weighted by Gasteiger charge is -2.11. The largest absolute Gasteiger partial charge is 0.479 e. The molecule has 0 unspecified atom stereocenters. The molecule has 0 spiro atoms. The number of nitriles is 1. The number of aliphatic imine (C=N–C) groups is 1. The molecule has 126 valence electrons. The van der Waals surface area contributed by atoms with Gasteiger partial charge in [-0.1, -0.05) is 34.6 Å². The van der Waals surface area contributed by atoms with E-state index in [-0.39, 0.29) is 23.9 Å². The number of methoxy groups -OCH3 is 1. The molecule has 8 heteroatoms. The second kappa shape index (κ2) is 9.74. The molecule has 0 aliphatic heterocycles. The lowest BCUT2D eigenvalue weighted by atomic mass is 10.0. The zero-order valence-corrected chi connectivity index (χ0v) is 13.9. The van der Waals surface area contributed by atoms with Crippen LogP contribution in [0.3, 0.4) is 0 Å². The lowest BCUT2D eigenvalue weighted by Crippen LogP contribution is -2.21. The third-order valence-corrected chi connectivity index (χ3v) is 2.69. The summed E-state index contributed by atoms with van der Waals surface area (Å²) >= 11 is 0. The smallest absolute Gasteiger partial charge is 0.246 e. The molecule has 0 aliphatic carbocycles. The monoisotopic (exact) mass is 330 g/mol. The summed E-state index contributed by atoms with van der Waals surface area (Å²) in [6, 6.07) is 9.00. The maximum absolute atomic E-state index is 11.3. The summed E-state index contributed by atoms with van der Waals surface area (Å²) < 4.78 is 5.15. The van der Waals surface area contributed by atoms with Crippen LogP contribution in [0.4, 0.5) is 0 Å². The summed E-state index contributed by atoms with van der Waals surface area (Å²) in [6.45, 7) is 2.93. The molecule has 8 nitrogen and oxygen atoms in total. The van der Waals surface area contributed by atoms with Crippen molar-refractivity contribution in [1.29, 1.82) is 5.26 Å². The minimum absolute atomic E-state index is 0.0218. The first-order chi connectivity index (χ1) is 11.5. The van der Waals surface area contributed by atoms with Crippen molar-refractivity contribution in [3.8, 4) is 6.07 Å². The van der Waals surface area contributed by atoms with E-state index < -0.39 is 5.91 Å². The average Bonchev–Trinajstić information content (AvgIpc) is 2.58. The average molecular weight is 330 g/mol. The number of carbonyl (C=O) groups excluding carboxylic acids is 1. The zero-order chi connectivity index (χ0) is 17.9. The van der Waals surface area contributed by atoms with Gasteiger partial charge in [-0.05, 0) is 6.92 Å². The predicted octanol–water partition coefficient (Wildman–Crippen LogP) is 2.04. The number of carbonyl (C=O) groups is 1. The molecule has 1 rings (SSSR count). The van der Waals surface area contributed by atoms with Gasteiger partial charge in [0.25, 0.3) is 0 Å². The first-order valence-corrected chi connectivity index (χ1v) is 6.93. The maximum atomic E-state index is 11.3. The normalized spacial score (nSPS) is 12.4. The number of nitrogens with zero attached hydrogens (tertiary/aromatic N) is 4. The Morgan fingerprint density at radius 2 is 1.92 bits per heavy atom. The van der Waals surface area contributed by atoms with Gasteiger partial charge in [0.1, 0.15) is 19.8 Å². The first-order valence-electron chi connectivity index (χ1n) is 6.93. The molecule has 1 amide bonds. The van der Waals surface area contributed by atoms with E-state index in [1.54, 1.807) is 18.2 Å². The van der Waals surface area contributed by atoms with E-state index in [1.807, 2.05) is 12.1 Å². The highest BCUT2D eigenvalue weighted by atomic mass is 16.6. The molecule has 0 heterocycles. The maximum Gasteiger partial charge on any atom is 0.246 e. The van der Waals surface area contributed by atoms with Crippen molar-refractivity contribution in [3.63, 3.8) is 0 Å². The fraction of sp³-hybridized carbons (Fsp3) is 0.312. The van der Waals surface area contributed by atoms with Crippen LogP contribution in [-0.2, 0) is 25.8 Å². The van der Waals surface area contributed by atoms with E-state index in [1.165, 1.54) is 28.1 Å². The minimum Gasteiger partial charge on any atom is -0.479 e. The number of ether oxygens (including phenoxy) is 1. The molecule has 0 radical (unpaired) electrons. The highest BCUT2D eigenvalue weighted by Crippen LogP contribution is 2.14. The second-order valence-corrected chi connectivity index (χ2v) is 4.48. The lowest BCUT2D eigenvalue weighted by molar-refractivity contribution is -0.115. The van der Waals surface area contributed by atoms with Crippen LogP contribution in [0.2, 0.25) is 0 Å². The highest BCUT2D eigenvalue weighted by molar-refractivity contribution is 6.46. The van der Waals surface area contributed by atoms with Gasteiger partial charge < -0.3 is 14.4 Å². The molecular formula is C16H18N4O4. The Bertz CT molecular complexity index is 717. The molecule has 24 heavy (non-hydrogen) atoms. The van der Waals surface area contributed by atoms with Gasteiger partial charge in [-0.25, -0.2) is 0 Å². The molecule has 0 aromatic heterocycles. The Morgan fingerprint density at radius 3 is 2.50 bits per heavy atom. The van der Waals surface area contributed by atoms with Crippen LogP contribution in [0.1, 0.15) is 25.0 Å². The number of amides is 1. The van der Waals surface area contributed by atoms with Gasteiger partial charge in [0.05, 0.1) is 7.11 Å². The molecule has 0 atom stereocenters. The molecule has 1 aromatic rings. The zero-order valence-electron chi connectivity index (χ0n) is 13.9. The van der Waals surface area contributed by atoms with Gasteiger partial charge >= 0.3 is 0 Å². The number of hydrogen-bond acceptors (Lipinski definition) is 7. The van der Waals surface area contributed by atoms with Crippen LogP contribution >= 0.6 is 0 Å². The van der Waals surface area contributed by atoms with Crippen molar-refractivity contribution in [2.45, 2.75) is 20.5 Å². The quantitative estimate of drug-likeness (QED) is 0.451. The van der Waals surface area contributed by atoms with E-state index in [9.17, 15) is 4.79 Å². The fourth-order valence-corrected chi connectivity index (χ4v) is 1.73. The number of hydrogen-bond donors (Lipinski definition) is 0. The molecular weight excluding hydrogens is 312 g/mol. The van der Waals surface area contributed by atoms with Gasteiger partial charge in [-0.15, -0.1) is 0 Å². The number of rotatable bonds is 6. The molecule has 0 bridgehead atoms. The Hall–Kier alpha value is -3.21. The number of benzene rings is 1. The van der Waals surface area contributed by atoms with Crippen molar-refractivity contribution in [2.24, 2.45) is 15.3 Å². The van der Waals surface area contributed by atoms with Crippen LogP contribution in [0.25, 0.3) is 0 Å². The SMILES string of the molecule is CO/N=C(/C(=NC(C)=O)OC)c1ccccc1CO/N=C(/C)C#N. The van der Waals surface area contributed by atoms with Crippen LogP contribution in [0, 0.1) is 11.3 Å². The Kier molecular flexibility index (Phi) is 7.64. The van der Waals surface area contributed by atoms with Crippen molar-refractivity contribution < 1.29 is 19.2 Å². The minimum atomic E-state index is -0.432. The van der Waals surface area contributed by atoms with Crippen molar-refractivity contribution in [1.82, 2.24) is 0 Å². The number of oxime groups is 2. The van der Waals surface area contributed by atoms with Gasteiger partial charge in [0, 0.05) is 18.1 Å². The van der Waals surface area contributed by atoms with Crippen molar-refractivity contribution >= 4 is 23.2 Å². The summed E-state index contributed by atoms with van der Waals surface area (Å²) in [5, 5.41) is 16.2. The first kappa shape index (κ1) is 18.8. The Balaban J connectivity index is 3.24. The fourth-order valence-electron chi connectivity index (χ4n) is 1.73. The van der Waals surface area contributed by atoms with Crippen molar-refractivity contribution in [2.75, 3.05) is 14.2 Å². The molecule has 0 saturated heterocycles. The van der Waals surface area contributed by atoms with E-state index in [0.29, 0.717) is 11.1 Å². The van der Waals surface area contributed by atoms with Crippen LogP contribution in [0.5, 0.6) is 0 Å². The van der Waals surface area contributed by atoms with Crippen LogP contribution < -0.4 is 0 Å². The van der Waals surface area contributed by atoms with E-state index >= 15 is 0 Å².